The first-order chi connectivity index (χ1) is 14.0. The summed E-state index contributed by atoms with van der Waals surface area (Å²) in [5.41, 5.74) is 3.86. The molecule has 3 rings (SSSR count). The molecule has 7 nitrogen and oxygen atoms in total. The Bertz CT molecular complexity index is 878. The van der Waals surface area contributed by atoms with Crippen LogP contribution in [-0.2, 0) is 9.59 Å². The monoisotopic (exact) mass is 395 g/mol. The van der Waals surface area contributed by atoms with Crippen LogP contribution in [0.3, 0.4) is 0 Å². The quantitative estimate of drug-likeness (QED) is 0.550. The number of amides is 2. The van der Waals surface area contributed by atoms with E-state index in [9.17, 15) is 9.59 Å². The molecule has 1 aliphatic heterocycles. The molecule has 0 aromatic heterocycles. The number of nitrogens with one attached hydrogen (secondary N) is 1. The van der Waals surface area contributed by atoms with Gasteiger partial charge in [0.2, 0.25) is 0 Å². The lowest BCUT2D eigenvalue weighted by atomic mass is 10.1. The molecule has 0 fully saturated rings. The minimum Gasteiger partial charge on any atom is -0.494 e. The molecule has 29 heavy (non-hydrogen) atoms. The number of para-hydroxylation sites is 2. The van der Waals surface area contributed by atoms with E-state index in [0.29, 0.717) is 24.0 Å². The molecular weight excluding hydrogens is 370 g/mol. The van der Waals surface area contributed by atoms with Crippen molar-refractivity contribution >= 4 is 23.7 Å². The lowest BCUT2D eigenvalue weighted by molar-refractivity contribution is -0.125. The van der Waals surface area contributed by atoms with Crippen LogP contribution >= 0.6 is 0 Å². The number of ether oxygens (including phenoxy) is 2. The molecular formula is C22H25N3O4. The predicted octanol–water partition coefficient (Wildman–Crippen LogP) is 2.99. The number of rotatable bonds is 8. The Morgan fingerprint density at radius 2 is 2.00 bits per heavy atom. The Kier molecular flexibility index (Phi) is 6.84. The van der Waals surface area contributed by atoms with Crippen LogP contribution in [0.5, 0.6) is 11.5 Å². The highest BCUT2D eigenvalue weighted by Crippen LogP contribution is 2.31. The molecule has 1 heterocycles. The van der Waals surface area contributed by atoms with E-state index < -0.39 is 0 Å². The standard InChI is InChI=1S/C22H25N3O4/c1-16(2)11-12-28-18-9-7-17(8-10-18)13-23-24-21(26)14-25-19-5-3-4-6-20(19)29-15-22(25)27/h3-10,13,16H,11-12,14-15H2,1-2H3,(H,24,26)/b23-13-. The van der Waals surface area contributed by atoms with Gasteiger partial charge in [-0.3, -0.25) is 14.5 Å². The molecule has 0 atom stereocenters. The maximum Gasteiger partial charge on any atom is 0.265 e. The van der Waals surface area contributed by atoms with E-state index in [-0.39, 0.29) is 25.0 Å². The zero-order chi connectivity index (χ0) is 20.6. The first-order valence-electron chi connectivity index (χ1n) is 9.60. The van der Waals surface area contributed by atoms with Gasteiger partial charge in [0.15, 0.2) is 6.61 Å². The van der Waals surface area contributed by atoms with Gasteiger partial charge in [0.25, 0.3) is 11.8 Å². The highest BCUT2D eigenvalue weighted by molar-refractivity contribution is 6.02. The third kappa shape index (κ3) is 5.81. The first kappa shape index (κ1) is 20.4. The van der Waals surface area contributed by atoms with Crippen LogP contribution < -0.4 is 19.8 Å². The summed E-state index contributed by atoms with van der Waals surface area (Å²) in [7, 11) is 0. The number of carbonyl (C=O) groups excluding carboxylic acids is 2. The average Bonchev–Trinajstić information content (AvgIpc) is 2.71. The van der Waals surface area contributed by atoms with Gasteiger partial charge in [0.05, 0.1) is 18.5 Å². The Balaban J connectivity index is 1.50. The van der Waals surface area contributed by atoms with Crippen molar-refractivity contribution in [3.05, 3.63) is 54.1 Å². The number of carbonyl (C=O) groups is 2. The van der Waals surface area contributed by atoms with E-state index in [2.05, 4.69) is 24.4 Å². The molecule has 7 heteroatoms. The van der Waals surface area contributed by atoms with E-state index in [1.165, 1.54) is 4.90 Å². The molecule has 0 unspecified atom stereocenters. The van der Waals surface area contributed by atoms with Crippen LogP contribution in [0.15, 0.2) is 53.6 Å². The molecule has 0 saturated carbocycles. The largest absolute Gasteiger partial charge is 0.494 e. The van der Waals surface area contributed by atoms with Gasteiger partial charge >= 0.3 is 0 Å². The summed E-state index contributed by atoms with van der Waals surface area (Å²) >= 11 is 0. The SMILES string of the molecule is CC(C)CCOc1ccc(/C=N\NC(=O)CN2C(=O)COc3ccccc32)cc1. The van der Waals surface area contributed by atoms with Crippen molar-refractivity contribution in [2.75, 3.05) is 24.7 Å². The number of hydrogen-bond acceptors (Lipinski definition) is 5. The van der Waals surface area contributed by atoms with Crippen LogP contribution in [0.25, 0.3) is 0 Å². The van der Waals surface area contributed by atoms with Gasteiger partial charge in [-0.2, -0.15) is 5.10 Å². The van der Waals surface area contributed by atoms with Gasteiger partial charge in [-0.1, -0.05) is 26.0 Å². The van der Waals surface area contributed by atoms with Crippen molar-refractivity contribution in [1.82, 2.24) is 5.43 Å². The topological polar surface area (TPSA) is 80.2 Å². The maximum atomic E-state index is 12.2. The van der Waals surface area contributed by atoms with Gasteiger partial charge < -0.3 is 9.47 Å². The van der Waals surface area contributed by atoms with Crippen molar-refractivity contribution in [2.45, 2.75) is 20.3 Å². The maximum absolute atomic E-state index is 12.2. The molecule has 1 N–H and O–H groups in total. The normalized spacial score (nSPS) is 13.3. The van der Waals surface area contributed by atoms with Crippen molar-refractivity contribution < 1.29 is 19.1 Å². The zero-order valence-corrected chi connectivity index (χ0v) is 16.6. The second-order valence-corrected chi connectivity index (χ2v) is 7.13. The van der Waals surface area contributed by atoms with Gasteiger partial charge in [0, 0.05) is 0 Å². The van der Waals surface area contributed by atoms with Crippen molar-refractivity contribution in [3.63, 3.8) is 0 Å². The molecule has 0 saturated heterocycles. The van der Waals surface area contributed by atoms with E-state index in [0.717, 1.165) is 17.7 Å². The Labute approximate surface area is 170 Å². The third-order valence-electron chi connectivity index (χ3n) is 4.36. The Morgan fingerprint density at radius 1 is 1.24 bits per heavy atom. The fourth-order valence-electron chi connectivity index (χ4n) is 2.75. The van der Waals surface area contributed by atoms with Gasteiger partial charge in [-0.15, -0.1) is 0 Å². The first-order valence-corrected chi connectivity index (χ1v) is 9.60. The zero-order valence-electron chi connectivity index (χ0n) is 16.6. The fraction of sp³-hybridized carbons (Fsp3) is 0.318. The summed E-state index contributed by atoms with van der Waals surface area (Å²) in [6.45, 7) is 4.79. The number of fused-ring (bicyclic) bond motifs is 1. The molecule has 0 aliphatic carbocycles. The summed E-state index contributed by atoms with van der Waals surface area (Å²) in [5.74, 6) is 1.33. The summed E-state index contributed by atoms with van der Waals surface area (Å²) in [5, 5.41) is 3.97. The van der Waals surface area contributed by atoms with Crippen LogP contribution in [0, 0.1) is 5.92 Å². The van der Waals surface area contributed by atoms with Crippen LogP contribution in [0.2, 0.25) is 0 Å². The van der Waals surface area contributed by atoms with E-state index in [1.807, 2.05) is 30.3 Å². The van der Waals surface area contributed by atoms with Crippen LogP contribution in [0.1, 0.15) is 25.8 Å². The molecule has 152 valence electrons. The van der Waals surface area contributed by atoms with E-state index >= 15 is 0 Å². The minimum atomic E-state index is -0.389. The van der Waals surface area contributed by atoms with Crippen molar-refractivity contribution in [3.8, 4) is 11.5 Å². The van der Waals surface area contributed by atoms with Crippen molar-refractivity contribution in [2.24, 2.45) is 11.0 Å². The molecule has 0 radical (unpaired) electrons. The second kappa shape index (κ2) is 9.73. The third-order valence-corrected chi connectivity index (χ3v) is 4.36. The molecule has 2 amide bonds. The Morgan fingerprint density at radius 3 is 2.76 bits per heavy atom. The predicted molar refractivity (Wildman–Crippen MR) is 111 cm³/mol. The highest BCUT2D eigenvalue weighted by Gasteiger charge is 2.26. The molecule has 0 bridgehead atoms. The smallest absolute Gasteiger partial charge is 0.265 e. The van der Waals surface area contributed by atoms with Gasteiger partial charge in [-0.25, -0.2) is 5.43 Å². The average molecular weight is 395 g/mol. The van der Waals surface area contributed by atoms with Gasteiger partial charge in [-0.05, 0) is 54.3 Å². The summed E-state index contributed by atoms with van der Waals surface area (Å²) in [6.07, 6.45) is 2.55. The number of hydrazone groups is 1. The number of nitrogens with zero attached hydrogens (tertiary/aromatic N) is 2. The summed E-state index contributed by atoms with van der Waals surface area (Å²) < 4.78 is 11.0. The number of anilines is 1. The van der Waals surface area contributed by atoms with E-state index in [1.54, 1.807) is 24.4 Å². The number of benzene rings is 2. The summed E-state index contributed by atoms with van der Waals surface area (Å²) in [4.78, 5) is 25.7. The van der Waals surface area contributed by atoms with Gasteiger partial charge in [0.1, 0.15) is 18.0 Å². The second-order valence-electron chi connectivity index (χ2n) is 7.13. The van der Waals surface area contributed by atoms with Crippen molar-refractivity contribution in [1.29, 1.82) is 0 Å². The highest BCUT2D eigenvalue weighted by atomic mass is 16.5. The van der Waals surface area contributed by atoms with Crippen LogP contribution in [-0.4, -0.2) is 37.8 Å². The van der Waals surface area contributed by atoms with E-state index in [4.69, 9.17) is 9.47 Å². The van der Waals surface area contributed by atoms with Crippen LogP contribution in [0.4, 0.5) is 5.69 Å². The molecule has 0 spiro atoms. The Hall–Kier alpha value is -3.35. The minimum absolute atomic E-state index is 0.0842. The molecule has 2 aromatic rings. The number of hydrogen-bond donors (Lipinski definition) is 1. The lowest BCUT2D eigenvalue weighted by Crippen LogP contribution is -2.44. The molecule has 2 aromatic carbocycles. The summed E-state index contributed by atoms with van der Waals surface area (Å²) in [6, 6.07) is 14.6. The lowest BCUT2D eigenvalue weighted by Gasteiger charge is -2.28. The fourth-order valence-corrected chi connectivity index (χ4v) is 2.75. The molecule has 1 aliphatic rings.